The summed E-state index contributed by atoms with van der Waals surface area (Å²) in [5, 5.41) is 2.02. The van der Waals surface area contributed by atoms with Gasteiger partial charge in [0.25, 0.3) is 5.91 Å². The number of ether oxygens (including phenoxy) is 1. The van der Waals surface area contributed by atoms with E-state index >= 15 is 0 Å². The summed E-state index contributed by atoms with van der Waals surface area (Å²) >= 11 is 1.66. The Morgan fingerprint density at radius 3 is 2.63 bits per heavy atom. The number of rotatable bonds is 6. The molecule has 1 aromatic heterocycles. The van der Waals surface area contributed by atoms with E-state index in [0.29, 0.717) is 13.1 Å². The molecule has 1 heterocycles. The minimum Gasteiger partial charge on any atom is -0.484 e. The number of amides is 1. The molecule has 0 spiro atoms. The first kappa shape index (κ1) is 13.6. The summed E-state index contributed by atoms with van der Waals surface area (Å²) in [5.41, 5.74) is 0. The van der Waals surface area contributed by atoms with Crippen LogP contribution in [0.15, 0.2) is 47.8 Å². The number of likely N-dealkylation sites (N-methyl/N-ethyl adjacent to an activating group) is 1. The van der Waals surface area contributed by atoms with Crippen LogP contribution >= 0.6 is 11.3 Å². The van der Waals surface area contributed by atoms with Gasteiger partial charge in [-0.3, -0.25) is 4.79 Å². The van der Waals surface area contributed by atoms with Crippen molar-refractivity contribution in [2.24, 2.45) is 0 Å². The summed E-state index contributed by atoms with van der Waals surface area (Å²) < 4.78 is 5.48. The van der Waals surface area contributed by atoms with Crippen molar-refractivity contribution in [1.82, 2.24) is 4.90 Å². The predicted molar refractivity (Wildman–Crippen MR) is 77.3 cm³/mol. The van der Waals surface area contributed by atoms with Crippen LogP contribution in [-0.2, 0) is 11.3 Å². The molecule has 1 aromatic carbocycles. The first-order valence-corrected chi connectivity index (χ1v) is 7.15. The lowest BCUT2D eigenvalue weighted by atomic mass is 10.3. The van der Waals surface area contributed by atoms with E-state index in [-0.39, 0.29) is 12.5 Å². The highest BCUT2D eigenvalue weighted by Crippen LogP contribution is 2.13. The van der Waals surface area contributed by atoms with Crippen molar-refractivity contribution in [3.8, 4) is 5.75 Å². The lowest BCUT2D eigenvalue weighted by Crippen LogP contribution is -2.34. The molecule has 19 heavy (non-hydrogen) atoms. The van der Waals surface area contributed by atoms with Crippen LogP contribution in [0.5, 0.6) is 5.75 Å². The number of benzene rings is 1. The van der Waals surface area contributed by atoms with Gasteiger partial charge in [0.1, 0.15) is 5.75 Å². The van der Waals surface area contributed by atoms with Crippen LogP contribution in [0.25, 0.3) is 0 Å². The molecule has 0 aliphatic heterocycles. The lowest BCUT2D eigenvalue weighted by molar-refractivity contribution is -0.133. The van der Waals surface area contributed by atoms with Gasteiger partial charge in [-0.2, -0.15) is 0 Å². The van der Waals surface area contributed by atoms with Crippen LogP contribution in [0.4, 0.5) is 0 Å². The van der Waals surface area contributed by atoms with Gasteiger partial charge in [-0.25, -0.2) is 0 Å². The smallest absolute Gasteiger partial charge is 0.260 e. The van der Waals surface area contributed by atoms with Crippen LogP contribution < -0.4 is 4.74 Å². The number of thiophene rings is 1. The van der Waals surface area contributed by atoms with E-state index in [2.05, 4.69) is 0 Å². The quantitative estimate of drug-likeness (QED) is 0.810. The second-order valence-electron chi connectivity index (χ2n) is 4.09. The molecule has 0 aliphatic carbocycles. The van der Waals surface area contributed by atoms with Crippen molar-refractivity contribution < 1.29 is 9.53 Å². The second-order valence-corrected chi connectivity index (χ2v) is 5.12. The summed E-state index contributed by atoms with van der Waals surface area (Å²) in [6.45, 7) is 3.41. The third-order valence-electron chi connectivity index (χ3n) is 2.77. The number of carbonyl (C=O) groups is 1. The van der Waals surface area contributed by atoms with Crippen LogP contribution in [-0.4, -0.2) is 24.0 Å². The Kier molecular flexibility index (Phi) is 4.98. The Hall–Kier alpha value is -1.81. The Balaban J connectivity index is 1.87. The fraction of sp³-hybridized carbons (Fsp3) is 0.267. The Labute approximate surface area is 117 Å². The van der Waals surface area contributed by atoms with Crippen LogP contribution in [0.1, 0.15) is 11.8 Å². The van der Waals surface area contributed by atoms with Crippen molar-refractivity contribution in [2.75, 3.05) is 13.2 Å². The normalized spacial score (nSPS) is 10.2. The second kappa shape index (κ2) is 6.95. The molecule has 0 radical (unpaired) electrons. The van der Waals surface area contributed by atoms with Crippen molar-refractivity contribution in [3.05, 3.63) is 52.7 Å². The standard InChI is InChI=1S/C15H17NO2S/c1-2-16(11-14-9-6-10-19-14)15(17)12-18-13-7-4-3-5-8-13/h3-10H,2,11-12H2,1H3. The number of hydrogen-bond acceptors (Lipinski definition) is 3. The van der Waals surface area contributed by atoms with Crippen LogP contribution in [0, 0.1) is 0 Å². The van der Waals surface area contributed by atoms with Gasteiger partial charge in [0.15, 0.2) is 6.61 Å². The molecule has 2 aromatic rings. The first-order chi connectivity index (χ1) is 9.29. The SMILES string of the molecule is CCN(Cc1cccs1)C(=O)COc1ccccc1. The Morgan fingerprint density at radius 2 is 2.00 bits per heavy atom. The zero-order valence-electron chi connectivity index (χ0n) is 10.9. The van der Waals surface area contributed by atoms with Gasteiger partial charge >= 0.3 is 0 Å². The molecule has 0 unspecified atom stereocenters. The average molecular weight is 275 g/mol. The highest BCUT2D eigenvalue weighted by molar-refractivity contribution is 7.09. The van der Waals surface area contributed by atoms with Crippen molar-refractivity contribution in [1.29, 1.82) is 0 Å². The summed E-state index contributed by atoms with van der Waals surface area (Å²) in [7, 11) is 0. The van der Waals surface area contributed by atoms with Gasteiger partial charge in [0, 0.05) is 11.4 Å². The van der Waals surface area contributed by atoms with E-state index in [9.17, 15) is 4.79 Å². The monoisotopic (exact) mass is 275 g/mol. The van der Waals surface area contributed by atoms with E-state index < -0.39 is 0 Å². The van der Waals surface area contributed by atoms with E-state index in [0.717, 1.165) is 5.75 Å². The minimum atomic E-state index is 0.0137. The Morgan fingerprint density at radius 1 is 1.21 bits per heavy atom. The van der Waals surface area contributed by atoms with E-state index in [1.165, 1.54) is 4.88 Å². The highest BCUT2D eigenvalue weighted by Gasteiger charge is 2.13. The molecule has 0 saturated carbocycles. The average Bonchev–Trinajstić information content (AvgIpc) is 2.96. The molecule has 1 amide bonds. The van der Waals surface area contributed by atoms with Crippen LogP contribution in [0.2, 0.25) is 0 Å². The third kappa shape index (κ3) is 4.10. The molecular weight excluding hydrogens is 258 g/mol. The maximum absolute atomic E-state index is 12.1. The number of hydrogen-bond donors (Lipinski definition) is 0. The van der Waals surface area contributed by atoms with Crippen molar-refractivity contribution >= 4 is 17.2 Å². The summed E-state index contributed by atoms with van der Waals surface area (Å²) in [6.07, 6.45) is 0. The molecule has 0 N–H and O–H groups in total. The summed E-state index contributed by atoms with van der Waals surface area (Å²) in [4.78, 5) is 15.1. The number of nitrogens with zero attached hydrogens (tertiary/aromatic N) is 1. The van der Waals surface area contributed by atoms with E-state index in [1.54, 1.807) is 16.2 Å². The van der Waals surface area contributed by atoms with Gasteiger partial charge in [-0.15, -0.1) is 11.3 Å². The molecule has 0 fully saturated rings. The molecular formula is C15H17NO2S. The van der Waals surface area contributed by atoms with E-state index in [1.807, 2.05) is 54.8 Å². The largest absolute Gasteiger partial charge is 0.484 e. The van der Waals surface area contributed by atoms with Crippen molar-refractivity contribution in [3.63, 3.8) is 0 Å². The zero-order valence-corrected chi connectivity index (χ0v) is 11.7. The fourth-order valence-corrected chi connectivity index (χ4v) is 2.44. The van der Waals surface area contributed by atoms with Gasteiger partial charge in [0.05, 0.1) is 6.54 Å². The zero-order chi connectivity index (χ0) is 13.5. The molecule has 2 rings (SSSR count). The molecule has 0 saturated heterocycles. The summed E-state index contributed by atoms with van der Waals surface area (Å²) in [6, 6.07) is 13.4. The highest BCUT2D eigenvalue weighted by atomic mass is 32.1. The lowest BCUT2D eigenvalue weighted by Gasteiger charge is -2.20. The van der Waals surface area contributed by atoms with Gasteiger partial charge < -0.3 is 9.64 Å². The number of carbonyl (C=O) groups excluding carboxylic acids is 1. The maximum Gasteiger partial charge on any atom is 0.260 e. The molecule has 4 heteroatoms. The molecule has 0 aliphatic rings. The van der Waals surface area contributed by atoms with Gasteiger partial charge in [0.2, 0.25) is 0 Å². The van der Waals surface area contributed by atoms with Crippen LogP contribution in [0.3, 0.4) is 0 Å². The topological polar surface area (TPSA) is 29.5 Å². The minimum absolute atomic E-state index is 0.0137. The fourth-order valence-electron chi connectivity index (χ4n) is 1.72. The summed E-state index contributed by atoms with van der Waals surface area (Å²) in [5.74, 6) is 0.739. The molecule has 3 nitrogen and oxygen atoms in total. The maximum atomic E-state index is 12.1. The Bertz CT molecular complexity index is 496. The number of para-hydroxylation sites is 1. The molecule has 100 valence electrons. The van der Waals surface area contributed by atoms with Crippen molar-refractivity contribution in [2.45, 2.75) is 13.5 Å². The van der Waals surface area contributed by atoms with E-state index in [4.69, 9.17) is 4.74 Å². The molecule has 0 atom stereocenters. The first-order valence-electron chi connectivity index (χ1n) is 6.27. The van der Waals surface area contributed by atoms with Gasteiger partial charge in [-0.05, 0) is 30.5 Å². The third-order valence-corrected chi connectivity index (χ3v) is 3.63. The predicted octanol–water partition coefficient (Wildman–Crippen LogP) is 3.18. The molecule has 0 bridgehead atoms. The van der Waals surface area contributed by atoms with Gasteiger partial charge in [-0.1, -0.05) is 24.3 Å².